The lowest BCUT2D eigenvalue weighted by Crippen LogP contribution is -2.43. The molecule has 1 amide bonds. The Bertz CT molecular complexity index is 1270. The SMILES string of the molecule is O=C(N/N=C/c1ccc(OCc2ccc(I)cc2)c(Br)c1)C(O)(c1ccccc1)c1ccccc1. The average Bonchev–Trinajstić information content (AvgIpc) is 2.89. The van der Waals surface area contributed by atoms with Gasteiger partial charge in [-0.15, -0.1) is 0 Å². The maximum atomic E-state index is 13.1. The van der Waals surface area contributed by atoms with E-state index in [2.05, 4.69) is 49.0 Å². The van der Waals surface area contributed by atoms with Gasteiger partial charge in [-0.3, -0.25) is 4.79 Å². The van der Waals surface area contributed by atoms with Crippen molar-refractivity contribution >= 4 is 50.6 Å². The monoisotopic (exact) mass is 640 g/mol. The van der Waals surface area contributed by atoms with E-state index in [9.17, 15) is 9.90 Å². The van der Waals surface area contributed by atoms with E-state index in [4.69, 9.17) is 4.74 Å². The molecular formula is C28H22BrIN2O3. The van der Waals surface area contributed by atoms with Crippen molar-refractivity contribution in [3.8, 4) is 5.75 Å². The molecule has 5 nitrogen and oxygen atoms in total. The quantitative estimate of drug-likeness (QED) is 0.141. The number of nitrogens with one attached hydrogen (secondary N) is 1. The first-order chi connectivity index (χ1) is 17.0. The topological polar surface area (TPSA) is 70.9 Å². The van der Waals surface area contributed by atoms with Gasteiger partial charge in [0.05, 0.1) is 10.7 Å². The number of rotatable bonds is 8. The fraction of sp³-hybridized carbons (Fsp3) is 0.0714. The number of carbonyl (C=O) groups is 1. The van der Waals surface area contributed by atoms with Crippen LogP contribution in [0, 0.1) is 3.57 Å². The van der Waals surface area contributed by atoms with Crippen molar-refractivity contribution in [1.29, 1.82) is 0 Å². The lowest BCUT2D eigenvalue weighted by atomic mass is 9.85. The Kier molecular flexibility index (Phi) is 8.33. The predicted octanol–water partition coefficient (Wildman–Crippen LogP) is 6.02. The molecule has 0 heterocycles. The van der Waals surface area contributed by atoms with Crippen LogP contribution in [-0.2, 0) is 17.0 Å². The number of amides is 1. The summed E-state index contributed by atoms with van der Waals surface area (Å²) in [5.74, 6) is 0.0509. The van der Waals surface area contributed by atoms with Gasteiger partial charge in [0.2, 0.25) is 0 Å². The van der Waals surface area contributed by atoms with Crippen LogP contribution < -0.4 is 10.2 Å². The number of carbonyl (C=O) groups excluding carboxylic acids is 1. The molecule has 0 aliphatic carbocycles. The summed E-state index contributed by atoms with van der Waals surface area (Å²) in [5, 5.41) is 15.5. The molecule has 4 aromatic rings. The van der Waals surface area contributed by atoms with Gasteiger partial charge < -0.3 is 9.84 Å². The van der Waals surface area contributed by atoms with Crippen LogP contribution in [0.4, 0.5) is 0 Å². The van der Waals surface area contributed by atoms with Crippen LogP contribution in [0.5, 0.6) is 5.75 Å². The van der Waals surface area contributed by atoms with E-state index in [0.29, 0.717) is 23.5 Å². The van der Waals surface area contributed by atoms with Crippen LogP contribution in [0.2, 0.25) is 0 Å². The Balaban J connectivity index is 1.45. The van der Waals surface area contributed by atoms with E-state index in [0.717, 1.165) is 15.6 Å². The number of nitrogens with zero attached hydrogens (tertiary/aromatic N) is 1. The first kappa shape index (κ1) is 25.1. The summed E-state index contributed by atoms with van der Waals surface area (Å²) in [7, 11) is 0. The van der Waals surface area contributed by atoms with E-state index in [-0.39, 0.29) is 0 Å². The fourth-order valence-corrected chi connectivity index (χ4v) is 4.36. The molecule has 0 atom stereocenters. The number of benzene rings is 4. The molecule has 176 valence electrons. The minimum atomic E-state index is -1.88. The molecule has 0 saturated carbocycles. The van der Waals surface area contributed by atoms with Gasteiger partial charge in [0.25, 0.3) is 5.91 Å². The van der Waals surface area contributed by atoms with Crippen LogP contribution in [0.25, 0.3) is 0 Å². The molecule has 0 fully saturated rings. The number of hydrogen-bond donors (Lipinski definition) is 2. The van der Waals surface area contributed by atoms with Gasteiger partial charge in [0, 0.05) is 3.57 Å². The summed E-state index contributed by atoms with van der Waals surface area (Å²) < 4.78 is 7.85. The zero-order chi connectivity index (χ0) is 24.7. The normalized spacial score (nSPS) is 11.4. The highest BCUT2D eigenvalue weighted by Gasteiger charge is 2.39. The maximum absolute atomic E-state index is 13.1. The van der Waals surface area contributed by atoms with Gasteiger partial charge in [-0.2, -0.15) is 5.10 Å². The van der Waals surface area contributed by atoms with Crippen LogP contribution in [0.1, 0.15) is 22.3 Å². The third-order valence-corrected chi connectivity index (χ3v) is 6.69. The highest BCUT2D eigenvalue weighted by atomic mass is 127. The van der Waals surface area contributed by atoms with Crippen LogP contribution in [-0.4, -0.2) is 17.2 Å². The second kappa shape index (κ2) is 11.6. The molecule has 0 bridgehead atoms. The maximum Gasteiger partial charge on any atom is 0.281 e. The molecule has 0 spiro atoms. The van der Waals surface area contributed by atoms with E-state index in [1.165, 1.54) is 9.78 Å². The van der Waals surface area contributed by atoms with Gasteiger partial charge in [-0.25, -0.2) is 5.43 Å². The van der Waals surface area contributed by atoms with Crippen molar-refractivity contribution in [2.45, 2.75) is 12.2 Å². The summed E-state index contributed by atoms with van der Waals surface area (Å²) >= 11 is 5.80. The first-order valence-corrected chi connectivity index (χ1v) is 12.7. The summed E-state index contributed by atoms with van der Waals surface area (Å²) in [6, 6.07) is 31.3. The van der Waals surface area contributed by atoms with Crippen molar-refractivity contribution in [3.05, 3.63) is 133 Å². The van der Waals surface area contributed by atoms with Crippen molar-refractivity contribution in [3.63, 3.8) is 0 Å². The van der Waals surface area contributed by atoms with E-state index in [1.54, 1.807) is 48.5 Å². The third-order valence-electron chi connectivity index (χ3n) is 5.35. The second-order valence-electron chi connectivity index (χ2n) is 7.75. The lowest BCUT2D eigenvalue weighted by molar-refractivity contribution is -0.136. The number of aliphatic hydroxyl groups is 1. The number of hydrazone groups is 1. The Morgan fingerprint density at radius 1 is 0.943 bits per heavy atom. The smallest absolute Gasteiger partial charge is 0.281 e. The lowest BCUT2D eigenvalue weighted by Gasteiger charge is -2.27. The molecule has 35 heavy (non-hydrogen) atoms. The summed E-state index contributed by atoms with van der Waals surface area (Å²) in [5.41, 5.74) is 3.35. The summed E-state index contributed by atoms with van der Waals surface area (Å²) in [6.07, 6.45) is 1.52. The molecule has 0 unspecified atom stereocenters. The van der Waals surface area contributed by atoms with Gasteiger partial charge in [-0.1, -0.05) is 72.8 Å². The van der Waals surface area contributed by atoms with Crippen molar-refractivity contribution in [2.75, 3.05) is 0 Å². The minimum absolute atomic E-state index is 0.455. The van der Waals surface area contributed by atoms with Crippen LogP contribution in [0.15, 0.2) is 113 Å². The van der Waals surface area contributed by atoms with E-state index < -0.39 is 11.5 Å². The van der Waals surface area contributed by atoms with E-state index >= 15 is 0 Å². The molecule has 0 saturated heterocycles. The molecular weight excluding hydrogens is 619 g/mol. The van der Waals surface area contributed by atoms with Gasteiger partial charge in [0.1, 0.15) is 12.4 Å². The highest BCUT2D eigenvalue weighted by molar-refractivity contribution is 14.1. The zero-order valence-corrected chi connectivity index (χ0v) is 22.3. The third kappa shape index (κ3) is 6.17. The van der Waals surface area contributed by atoms with Crippen molar-refractivity contribution in [1.82, 2.24) is 5.43 Å². The average molecular weight is 641 g/mol. The molecule has 2 N–H and O–H groups in total. The first-order valence-electron chi connectivity index (χ1n) is 10.8. The number of hydrogen-bond acceptors (Lipinski definition) is 4. The molecule has 0 aliphatic rings. The molecule has 0 aromatic heterocycles. The predicted molar refractivity (Wildman–Crippen MR) is 149 cm³/mol. The molecule has 0 radical (unpaired) electrons. The fourth-order valence-electron chi connectivity index (χ4n) is 3.49. The van der Waals surface area contributed by atoms with Crippen molar-refractivity contribution < 1.29 is 14.6 Å². The largest absolute Gasteiger partial charge is 0.488 e. The molecule has 4 aromatic carbocycles. The Hall–Kier alpha value is -3.01. The van der Waals surface area contributed by atoms with E-state index in [1.807, 2.05) is 54.6 Å². The second-order valence-corrected chi connectivity index (χ2v) is 9.85. The highest BCUT2D eigenvalue weighted by Crippen LogP contribution is 2.30. The minimum Gasteiger partial charge on any atom is -0.488 e. The summed E-state index contributed by atoms with van der Waals surface area (Å²) in [4.78, 5) is 13.1. The standard InChI is InChI=1S/C28H22BrIN2O3/c29-25-17-21(13-16-26(25)35-19-20-11-14-24(30)15-12-20)18-31-32-27(33)28(34,22-7-3-1-4-8-22)23-9-5-2-6-10-23/h1-18,34H,19H2,(H,32,33)/b31-18+. The van der Waals surface area contributed by atoms with Gasteiger partial charge in [0.15, 0.2) is 5.60 Å². The molecule has 0 aliphatic heterocycles. The van der Waals surface area contributed by atoms with Gasteiger partial charge >= 0.3 is 0 Å². The number of halogens is 2. The van der Waals surface area contributed by atoms with Crippen LogP contribution >= 0.6 is 38.5 Å². The Morgan fingerprint density at radius 2 is 1.54 bits per heavy atom. The van der Waals surface area contributed by atoms with Crippen LogP contribution in [0.3, 0.4) is 0 Å². The zero-order valence-electron chi connectivity index (χ0n) is 18.6. The summed E-state index contributed by atoms with van der Waals surface area (Å²) in [6.45, 7) is 0.455. The Morgan fingerprint density at radius 3 is 2.11 bits per heavy atom. The van der Waals surface area contributed by atoms with Gasteiger partial charge in [-0.05, 0) is 91.1 Å². The van der Waals surface area contributed by atoms with Crippen molar-refractivity contribution in [2.24, 2.45) is 5.10 Å². The molecule has 4 rings (SSSR count). The molecule has 7 heteroatoms. The Labute approximate surface area is 226 Å². The number of ether oxygens (including phenoxy) is 1.